The molecule has 0 aromatic heterocycles. The van der Waals surface area contributed by atoms with Crippen LogP contribution >= 0.6 is 0 Å². The van der Waals surface area contributed by atoms with Gasteiger partial charge in [0.15, 0.2) is 34.5 Å². The standard InChI is InChI=1S/C29H33NO7/c1-30-8-7-16-10-26(35-5)29(36-6)28-19-13-23(33-3)25(11-17(19)9-20(30)27(16)28)37-21-14-24(34-4)22(32-2)12-18(21)15-31/h10-14,20,31H,7-9,15H2,1-6H3/t20-/m0/s1. The zero-order valence-corrected chi connectivity index (χ0v) is 22.1. The number of hydrogen-bond acceptors (Lipinski definition) is 8. The Morgan fingerprint density at radius 1 is 0.757 bits per heavy atom. The van der Waals surface area contributed by atoms with E-state index in [0.717, 1.165) is 47.6 Å². The van der Waals surface area contributed by atoms with Crippen LogP contribution in [0.15, 0.2) is 30.3 Å². The molecule has 0 fully saturated rings. The van der Waals surface area contributed by atoms with Gasteiger partial charge in [0.1, 0.15) is 5.75 Å². The first-order valence-electron chi connectivity index (χ1n) is 12.2. The molecule has 37 heavy (non-hydrogen) atoms. The summed E-state index contributed by atoms with van der Waals surface area (Å²) in [5.41, 5.74) is 6.35. The van der Waals surface area contributed by atoms with E-state index in [9.17, 15) is 5.11 Å². The van der Waals surface area contributed by atoms with Gasteiger partial charge in [-0.2, -0.15) is 0 Å². The zero-order chi connectivity index (χ0) is 26.3. The molecule has 8 nitrogen and oxygen atoms in total. The SMILES string of the molecule is COc1cc(CO)c(Oc2cc3c(cc2OC)-c2c(OC)c(OC)cc4c2[C@H](C3)N(C)CC4)cc1OC. The molecule has 1 atom stereocenters. The predicted molar refractivity (Wildman–Crippen MR) is 140 cm³/mol. The van der Waals surface area contributed by atoms with Gasteiger partial charge in [-0.05, 0) is 66.4 Å². The van der Waals surface area contributed by atoms with E-state index in [1.807, 2.05) is 12.1 Å². The summed E-state index contributed by atoms with van der Waals surface area (Å²) in [4.78, 5) is 2.39. The van der Waals surface area contributed by atoms with Crippen LogP contribution < -0.4 is 28.4 Å². The maximum absolute atomic E-state index is 10.0. The molecule has 8 heteroatoms. The molecule has 1 aliphatic carbocycles. The number of hydrogen-bond donors (Lipinski definition) is 1. The first kappa shape index (κ1) is 25.0. The maximum Gasteiger partial charge on any atom is 0.169 e. The molecule has 1 heterocycles. The van der Waals surface area contributed by atoms with Crippen LogP contribution in [-0.2, 0) is 19.4 Å². The molecule has 3 aromatic carbocycles. The van der Waals surface area contributed by atoms with Gasteiger partial charge in [-0.15, -0.1) is 0 Å². The van der Waals surface area contributed by atoms with E-state index in [-0.39, 0.29) is 12.6 Å². The minimum atomic E-state index is -0.219. The van der Waals surface area contributed by atoms with Gasteiger partial charge >= 0.3 is 0 Å². The van der Waals surface area contributed by atoms with Crippen LogP contribution in [0.1, 0.15) is 28.3 Å². The lowest BCUT2D eigenvalue weighted by Gasteiger charge is -2.40. The lowest BCUT2D eigenvalue weighted by Crippen LogP contribution is -2.35. The number of nitrogens with zero attached hydrogens (tertiary/aromatic N) is 1. The van der Waals surface area contributed by atoms with Crippen LogP contribution in [0.2, 0.25) is 0 Å². The summed E-state index contributed by atoms with van der Waals surface area (Å²) in [6.07, 6.45) is 1.77. The number of aliphatic hydroxyl groups is 1. The molecule has 0 saturated carbocycles. The zero-order valence-electron chi connectivity index (χ0n) is 22.1. The minimum Gasteiger partial charge on any atom is -0.493 e. The van der Waals surface area contributed by atoms with Gasteiger partial charge in [-0.25, -0.2) is 0 Å². The highest BCUT2D eigenvalue weighted by molar-refractivity contribution is 5.85. The molecule has 0 spiro atoms. The molecule has 3 aromatic rings. The molecule has 1 aliphatic heterocycles. The van der Waals surface area contributed by atoms with Crippen LogP contribution in [0.3, 0.4) is 0 Å². The van der Waals surface area contributed by atoms with E-state index in [1.165, 1.54) is 11.1 Å². The topological polar surface area (TPSA) is 78.9 Å². The molecule has 5 rings (SSSR count). The Morgan fingerprint density at radius 3 is 2.05 bits per heavy atom. The van der Waals surface area contributed by atoms with E-state index >= 15 is 0 Å². The van der Waals surface area contributed by atoms with Crippen molar-refractivity contribution < 1.29 is 33.5 Å². The van der Waals surface area contributed by atoms with Crippen LogP contribution in [-0.4, -0.2) is 59.1 Å². The maximum atomic E-state index is 10.0. The van der Waals surface area contributed by atoms with Crippen molar-refractivity contribution in [1.29, 1.82) is 0 Å². The molecule has 0 amide bonds. The third-order valence-electron chi connectivity index (χ3n) is 7.42. The molecule has 1 N–H and O–H groups in total. The number of methoxy groups -OCH3 is 5. The summed E-state index contributed by atoms with van der Waals surface area (Å²) in [7, 11) is 10.3. The van der Waals surface area contributed by atoms with Crippen molar-refractivity contribution >= 4 is 0 Å². The molecule has 0 bridgehead atoms. The van der Waals surface area contributed by atoms with E-state index in [1.54, 1.807) is 47.7 Å². The Kier molecular flexibility index (Phi) is 6.79. The first-order valence-corrected chi connectivity index (χ1v) is 12.2. The molecule has 2 aliphatic rings. The number of ether oxygens (including phenoxy) is 6. The van der Waals surface area contributed by atoms with Gasteiger partial charge in [0.2, 0.25) is 0 Å². The van der Waals surface area contributed by atoms with Gasteiger partial charge in [0, 0.05) is 29.8 Å². The molecule has 196 valence electrons. The van der Waals surface area contributed by atoms with Gasteiger partial charge in [0.05, 0.1) is 42.2 Å². The summed E-state index contributed by atoms with van der Waals surface area (Å²) < 4.78 is 34.6. The second kappa shape index (κ2) is 10.0. The number of aliphatic hydroxyl groups excluding tert-OH is 1. The fraction of sp³-hybridized carbons (Fsp3) is 0.379. The van der Waals surface area contributed by atoms with Crippen LogP contribution in [0.5, 0.6) is 40.2 Å². The monoisotopic (exact) mass is 507 g/mol. The number of rotatable bonds is 8. The van der Waals surface area contributed by atoms with Gasteiger partial charge in [-0.3, -0.25) is 4.90 Å². The van der Waals surface area contributed by atoms with E-state index in [2.05, 4.69) is 18.0 Å². The van der Waals surface area contributed by atoms with Gasteiger partial charge in [0.25, 0.3) is 0 Å². The highest BCUT2D eigenvalue weighted by Gasteiger charge is 2.37. The molecular weight excluding hydrogens is 474 g/mol. The number of benzene rings is 3. The fourth-order valence-electron chi connectivity index (χ4n) is 5.54. The largest absolute Gasteiger partial charge is 0.493 e. The van der Waals surface area contributed by atoms with Crippen molar-refractivity contribution in [2.45, 2.75) is 25.5 Å². The Bertz CT molecular complexity index is 1340. The molecular formula is C29H33NO7. The van der Waals surface area contributed by atoms with Gasteiger partial charge < -0.3 is 33.5 Å². The first-order chi connectivity index (χ1) is 18.0. The Labute approximate surface area is 217 Å². The summed E-state index contributed by atoms with van der Waals surface area (Å²) in [5.74, 6) is 4.06. The molecule has 0 saturated heterocycles. The summed E-state index contributed by atoms with van der Waals surface area (Å²) in [6.45, 7) is 0.746. The lowest BCUT2D eigenvalue weighted by molar-refractivity contribution is 0.226. The van der Waals surface area contributed by atoms with Crippen molar-refractivity contribution in [3.05, 3.63) is 52.6 Å². The summed E-state index contributed by atoms with van der Waals surface area (Å²) in [5, 5.41) is 10.0. The van der Waals surface area contributed by atoms with E-state index in [4.69, 9.17) is 28.4 Å². The quantitative estimate of drug-likeness (QED) is 0.467. The van der Waals surface area contributed by atoms with Gasteiger partial charge in [-0.1, -0.05) is 0 Å². The lowest BCUT2D eigenvalue weighted by atomic mass is 9.76. The summed E-state index contributed by atoms with van der Waals surface area (Å²) >= 11 is 0. The van der Waals surface area contributed by atoms with Crippen molar-refractivity contribution in [1.82, 2.24) is 4.90 Å². The van der Waals surface area contributed by atoms with E-state index < -0.39 is 0 Å². The Balaban J connectivity index is 1.68. The number of fused-ring (bicyclic) bond motifs is 2. The molecule has 0 unspecified atom stereocenters. The average molecular weight is 508 g/mol. The van der Waals surface area contributed by atoms with E-state index in [0.29, 0.717) is 34.3 Å². The minimum absolute atomic E-state index is 0.210. The normalized spacial score (nSPS) is 15.9. The second-order valence-corrected chi connectivity index (χ2v) is 9.25. The predicted octanol–water partition coefficient (Wildman–Crippen LogP) is 4.77. The van der Waals surface area contributed by atoms with Crippen LogP contribution in [0, 0.1) is 0 Å². The molecule has 0 radical (unpaired) electrons. The second-order valence-electron chi connectivity index (χ2n) is 9.25. The fourth-order valence-corrected chi connectivity index (χ4v) is 5.54. The van der Waals surface area contributed by atoms with Crippen LogP contribution in [0.25, 0.3) is 11.1 Å². The average Bonchev–Trinajstić information content (AvgIpc) is 2.93. The van der Waals surface area contributed by atoms with Crippen molar-refractivity contribution in [2.24, 2.45) is 0 Å². The Hall–Kier alpha value is -3.62. The van der Waals surface area contributed by atoms with Crippen molar-refractivity contribution in [3.63, 3.8) is 0 Å². The third-order valence-corrected chi connectivity index (χ3v) is 7.42. The summed E-state index contributed by atoms with van der Waals surface area (Å²) in [6, 6.07) is 9.78. The van der Waals surface area contributed by atoms with Crippen LogP contribution in [0.4, 0.5) is 0 Å². The van der Waals surface area contributed by atoms with Crippen molar-refractivity contribution in [3.8, 4) is 51.4 Å². The third kappa shape index (κ3) is 4.10. The highest BCUT2D eigenvalue weighted by Crippen LogP contribution is 2.54. The number of likely N-dealkylation sites (N-methyl/N-ethyl adjacent to an activating group) is 1. The Morgan fingerprint density at radius 2 is 1.41 bits per heavy atom. The van der Waals surface area contributed by atoms with Crippen molar-refractivity contribution in [2.75, 3.05) is 49.1 Å². The smallest absolute Gasteiger partial charge is 0.169 e. The highest BCUT2D eigenvalue weighted by atomic mass is 16.5.